The van der Waals surface area contributed by atoms with Crippen molar-refractivity contribution in [2.75, 3.05) is 38.2 Å². The van der Waals surface area contributed by atoms with E-state index in [9.17, 15) is 14.0 Å². The molecule has 0 aliphatic carbocycles. The topological polar surface area (TPSA) is 67.7 Å². The summed E-state index contributed by atoms with van der Waals surface area (Å²) in [5.41, 5.74) is 0.840. The van der Waals surface area contributed by atoms with Crippen LogP contribution in [0.15, 0.2) is 47.3 Å². The van der Waals surface area contributed by atoms with Gasteiger partial charge in [0.1, 0.15) is 11.6 Å². The molecule has 7 nitrogen and oxygen atoms in total. The van der Waals surface area contributed by atoms with Gasteiger partial charge in [-0.3, -0.25) is 9.59 Å². The molecule has 1 fully saturated rings. The third-order valence-corrected chi connectivity index (χ3v) is 5.21. The molecule has 8 heteroatoms. The van der Waals surface area contributed by atoms with Crippen LogP contribution in [0.25, 0.3) is 10.8 Å². The fraction of sp³-hybridized carbons (Fsp3) is 0.286. The molecule has 2 aromatic carbocycles. The lowest BCUT2D eigenvalue weighted by Crippen LogP contribution is -2.49. The Morgan fingerprint density at radius 1 is 1.07 bits per heavy atom. The first-order valence-corrected chi connectivity index (χ1v) is 9.33. The van der Waals surface area contributed by atoms with Gasteiger partial charge in [0, 0.05) is 44.7 Å². The zero-order chi connectivity index (χ0) is 20.5. The lowest BCUT2D eigenvalue weighted by Gasteiger charge is -2.36. The molecule has 3 aromatic rings. The van der Waals surface area contributed by atoms with E-state index in [4.69, 9.17) is 4.74 Å². The van der Waals surface area contributed by atoms with Crippen LogP contribution in [0.4, 0.5) is 10.1 Å². The first-order chi connectivity index (χ1) is 14.0. The van der Waals surface area contributed by atoms with Gasteiger partial charge in [0.25, 0.3) is 11.5 Å². The molecule has 1 amide bonds. The van der Waals surface area contributed by atoms with E-state index in [2.05, 4.69) is 10.00 Å². The summed E-state index contributed by atoms with van der Waals surface area (Å²) in [5, 5.41) is 5.26. The minimum Gasteiger partial charge on any atom is -0.494 e. The number of ether oxygens (including phenoxy) is 1. The molecule has 1 saturated heterocycles. The highest BCUT2D eigenvalue weighted by atomic mass is 19.1. The van der Waals surface area contributed by atoms with Crippen LogP contribution in [-0.2, 0) is 7.05 Å². The van der Waals surface area contributed by atoms with Crippen molar-refractivity contribution in [3.63, 3.8) is 0 Å². The molecule has 1 aliphatic heterocycles. The summed E-state index contributed by atoms with van der Waals surface area (Å²) in [5.74, 6) is -0.0925. The van der Waals surface area contributed by atoms with Gasteiger partial charge in [0.2, 0.25) is 0 Å². The number of piperazine rings is 1. The lowest BCUT2D eigenvalue weighted by atomic mass is 10.1. The van der Waals surface area contributed by atoms with E-state index in [1.165, 1.54) is 23.9 Å². The van der Waals surface area contributed by atoms with Gasteiger partial charge in [-0.05, 0) is 18.2 Å². The smallest absolute Gasteiger partial charge is 0.275 e. The molecular weight excluding hydrogens is 375 g/mol. The summed E-state index contributed by atoms with van der Waals surface area (Å²) >= 11 is 0. The molecule has 4 rings (SSSR count). The number of halogens is 1. The molecule has 1 aliphatic rings. The van der Waals surface area contributed by atoms with Crippen molar-refractivity contribution < 1.29 is 13.9 Å². The van der Waals surface area contributed by atoms with Crippen molar-refractivity contribution in [3.8, 4) is 5.75 Å². The highest BCUT2D eigenvalue weighted by Crippen LogP contribution is 2.30. The number of fused-ring (bicyclic) bond motifs is 1. The Bertz CT molecular complexity index is 1140. The van der Waals surface area contributed by atoms with Gasteiger partial charge in [-0.1, -0.05) is 18.2 Å². The Morgan fingerprint density at radius 3 is 2.45 bits per heavy atom. The maximum atomic E-state index is 13.5. The van der Waals surface area contributed by atoms with Gasteiger partial charge in [0.15, 0.2) is 5.69 Å². The van der Waals surface area contributed by atoms with Crippen molar-refractivity contribution in [3.05, 3.63) is 64.3 Å². The molecular formula is C21H21FN4O3. The number of amides is 1. The Kier molecular flexibility index (Phi) is 4.92. The van der Waals surface area contributed by atoms with Gasteiger partial charge in [0.05, 0.1) is 18.2 Å². The van der Waals surface area contributed by atoms with E-state index >= 15 is 0 Å². The third kappa shape index (κ3) is 3.41. The maximum Gasteiger partial charge on any atom is 0.275 e. The van der Waals surface area contributed by atoms with Crippen LogP contribution >= 0.6 is 0 Å². The molecule has 1 aromatic heterocycles. The molecule has 0 saturated carbocycles. The van der Waals surface area contributed by atoms with E-state index in [1.807, 2.05) is 0 Å². The van der Waals surface area contributed by atoms with Crippen LogP contribution < -0.4 is 15.2 Å². The Balaban J connectivity index is 1.57. The first kappa shape index (κ1) is 18.9. The summed E-state index contributed by atoms with van der Waals surface area (Å²) in [6.45, 7) is 2.13. The lowest BCUT2D eigenvalue weighted by molar-refractivity contribution is 0.0740. The fourth-order valence-corrected chi connectivity index (χ4v) is 3.67. The second-order valence-electron chi connectivity index (χ2n) is 6.92. The Hall–Kier alpha value is -3.42. The van der Waals surface area contributed by atoms with Gasteiger partial charge < -0.3 is 14.5 Å². The molecule has 0 atom stereocenters. The monoisotopic (exact) mass is 396 g/mol. The summed E-state index contributed by atoms with van der Waals surface area (Å²) in [7, 11) is 3.05. The van der Waals surface area contributed by atoms with Gasteiger partial charge >= 0.3 is 0 Å². The highest BCUT2D eigenvalue weighted by Gasteiger charge is 2.26. The molecule has 0 N–H and O–H groups in total. The summed E-state index contributed by atoms with van der Waals surface area (Å²) in [6, 6.07) is 11.5. The van der Waals surface area contributed by atoms with E-state index in [1.54, 1.807) is 42.3 Å². The summed E-state index contributed by atoms with van der Waals surface area (Å²) in [4.78, 5) is 29.2. The van der Waals surface area contributed by atoms with Gasteiger partial charge in [-0.2, -0.15) is 5.10 Å². The van der Waals surface area contributed by atoms with E-state index in [0.29, 0.717) is 42.7 Å². The Morgan fingerprint density at radius 2 is 1.76 bits per heavy atom. The number of methoxy groups -OCH3 is 1. The van der Waals surface area contributed by atoms with Crippen molar-refractivity contribution in [1.82, 2.24) is 14.7 Å². The van der Waals surface area contributed by atoms with Crippen LogP contribution in [0.2, 0.25) is 0 Å². The highest BCUT2D eigenvalue weighted by molar-refractivity contribution is 6.04. The molecule has 0 radical (unpaired) electrons. The summed E-state index contributed by atoms with van der Waals surface area (Å²) in [6.07, 6.45) is 0. The van der Waals surface area contributed by atoms with Crippen molar-refractivity contribution in [1.29, 1.82) is 0 Å². The average molecular weight is 396 g/mol. The molecule has 0 unspecified atom stereocenters. The number of aromatic nitrogens is 2. The van der Waals surface area contributed by atoms with Gasteiger partial charge in [-0.15, -0.1) is 0 Å². The zero-order valence-corrected chi connectivity index (χ0v) is 16.3. The molecule has 2 heterocycles. The van der Waals surface area contributed by atoms with Crippen LogP contribution in [0.5, 0.6) is 5.75 Å². The van der Waals surface area contributed by atoms with E-state index in [0.717, 1.165) is 5.69 Å². The van der Waals surface area contributed by atoms with Gasteiger partial charge in [-0.25, -0.2) is 9.07 Å². The second kappa shape index (κ2) is 7.54. The number of nitrogens with zero attached hydrogens (tertiary/aromatic N) is 4. The van der Waals surface area contributed by atoms with Crippen molar-refractivity contribution in [2.24, 2.45) is 7.05 Å². The normalized spacial score (nSPS) is 14.3. The maximum absolute atomic E-state index is 13.5. The van der Waals surface area contributed by atoms with Crippen LogP contribution in [0, 0.1) is 5.82 Å². The largest absolute Gasteiger partial charge is 0.494 e. The average Bonchev–Trinajstić information content (AvgIpc) is 2.76. The molecule has 0 bridgehead atoms. The number of benzene rings is 2. The number of rotatable bonds is 3. The number of carbonyl (C=O) groups is 1. The number of carbonyl (C=O) groups excluding carboxylic acids is 1. The van der Waals surface area contributed by atoms with E-state index < -0.39 is 0 Å². The van der Waals surface area contributed by atoms with Crippen molar-refractivity contribution >= 4 is 22.4 Å². The van der Waals surface area contributed by atoms with Crippen LogP contribution in [0.1, 0.15) is 10.5 Å². The number of aryl methyl sites for hydroxylation is 1. The first-order valence-electron chi connectivity index (χ1n) is 9.33. The predicted molar refractivity (Wildman–Crippen MR) is 108 cm³/mol. The number of hydrogen-bond acceptors (Lipinski definition) is 5. The number of hydrogen-bond donors (Lipinski definition) is 0. The van der Waals surface area contributed by atoms with Crippen LogP contribution in [0.3, 0.4) is 0 Å². The minimum atomic E-state index is -0.355. The third-order valence-electron chi connectivity index (χ3n) is 5.21. The SMILES string of the molecule is COc1cc(F)ccc1N1CCN(C(=O)c2nn(C)c(=O)c3ccccc23)CC1. The standard InChI is InChI=1S/C21H21FN4O3/c1-24-20(27)16-6-4-3-5-15(16)19(23-24)21(28)26-11-9-25(10-12-26)17-8-7-14(22)13-18(17)29-2/h3-8,13H,9-12H2,1-2H3. The minimum absolute atomic E-state index is 0.206. The Labute approximate surface area is 166 Å². The predicted octanol–water partition coefficient (Wildman–Crippen LogP) is 2.04. The van der Waals surface area contributed by atoms with E-state index in [-0.39, 0.29) is 23.0 Å². The molecule has 150 valence electrons. The fourth-order valence-electron chi connectivity index (χ4n) is 3.67. The van der Waals surface area contributed by atoms with Crippen molar-refractivity contribution in [2.45, 2.75) is 0 Å². The molecule has 29 heavy (non-hydrogen) atoms. The summed E-state index contributed by atoms with van der Waals surface area (Å²) < 4.78 is 20.0. The zero-order valence-electron chi connectivity index (χ0n) is 16.3. The second-order valence-corrected chi connectivity index (χ2v) is 6.92. The molecule has 0 spiro atoms. The quantitative estimate of drug-likeness (QED) is 0.678. The van der Waals surface area contributed by atoms with Crippen LogP contribution in [-0.4, -0.2) is 53.9 Å². The number of anilines is 1.